The normalized spacial score (nSPS) is 13.6. The van der Waals surface area contributed by atoms with Gasteiger partial charge >= 0.3 is 0 Å². The molecule has 23 heavy (non-hydrogen) atoms. The Labute approximate surface area is 135 Å². The number of anilines is 1. The van der Waals surface area contributed by atoms with Crippen LogP contribution < -0.4 is 5.32 Å². The number of pyridine rings is 1. The van der Waals surface area contributed by atoms with Gasteiger partial charge in [-0.1, -0.05) is 13.8 Å². The highest BCUT2D eigenvalue weighted by Gasteiger charge is 2.19. The number of fused-ring (bicyclic) bond motifs is 2. The first-order chi connectivity index (χ1) is 11.0. The van der Waals surface area contributed by atoms with Gasteiger partial charge in [0.05, 0.1) is 6.20 Å². The van der Waals surface area contributed by atoms with Gasteiger partial charge in [-0.15, -0.1) is 0 Å². The van der Waals surface area contributed by atoms with Crippen molar-refractivity contribution in [3.8, 4) is 5.69 Å². The maximum atomic E-state index is 13.5. The summed E-state index contributed by atoms with van der Waals surface area (Å²) >= 11 is 0. The first kappa shape index (κ1) is 14.2. The number of hydrogen-bond donors (Lipinski definition) is 1. The van der Waals surface area contributed by atoms with E-state index in [0.29, 0.717) is 5.92 Å². The van der Waals surface area contributed by atoms with E-state index in [0.717, 1.165) is 35.4 Å². The zero-order valence-electron chi connectivity index (χ0n) is 13.7. The zero-order valence-corrected chi connectivity index (χ0v) is 13.7. The Hall–Kier alpha value is -2.36. The number of benzene rings is 1. The molecule has 3 aromatic rings. The molecule has 3 heterocycles. The van der Waals surface area contributed by atoms with Crippen LogP contribution in [0.15, 0.2) is 30.5 Å². The van der Waals surface area contributed by atoms with Crippen LogP contribution in [0.5, 0.6) is 0 Å². The standard InChI is InChI=1S/C19H20FN3/c1-11(2)17-9-14-7-15(20)10-22-19(14)23(17)16-6-12(3)18-13(8-16)4-5-21-18/h6-11,21H,4-5H2,1-3H3. The summed E-state index contributed by atoms with van der Waals surface area (Å²) in [5.74, 6) is 0.0400. The van der Waals surface area contributed by atoms with Gasteiger partial charge in [0.2, 0.25) is 0 Å². The van der Waals surface area contributed by atoms with E-state index in [1.807, 2.05) is 0 Å². The van der Waals surface area contributed by atoms with Gasteiger partial charge in [0.15, 0.2) is 0 Å². The van der Waals surface area contributed by atoms with E-state index in [-0.39, 0.29) is 5.82 Å². The molecule has 0 unspecified atom stereocenters. The molecule has 3 nitrogen and oxygen atoms in total. The Kier molecular flexibility index (Phi) is 3.15. The zero-order chi connectivity index (χ0) is 16.1. The highest BCUT2D eigenvalue weighted by Crippen LogP contribution is 2.33. The van der Waals surface area contributed by atoms with Crippen molar-refractivity contribution in [3.05, 3.63) is 53.1 Å². The number of nitrogens with zero attached hydrogens (tertiary/aromatic N) is 2. The van der Waals surface area contributed by atoms with Crippen LogP contribution in [0, 0.1) is 12.7 Å². The second kappa shape index (κ2) is 5.08. The lowest BCUT2D eigenvalue weighted by molar-refractivity contribution is 0.624. The summed E-state index contributed by atoms with van der Waals surface area (Å²) in [5.41, 5.74) is 6.94. The van der Waals surface area contributed by atoms with Gasteiger partial charge in [0, 0.05) is 29.0 Å². The summed E-state index contributed by atoms with van der Waals surface area (Å²) in [6.45, 7) is 7.44. The fraction of sp³-hybridized carbons (Fsp3) is 0.316. The van der Waals surface area contributed by atoms with Crippen molar-refractivity contribution in [2.45, 2.75) is 33.1 Å². The monoisotopic (exact) mass is 309 g/mol. The molecular weight excluding hydrogens is 289 g/mol. The third kappa shape index (κ3) is 2.21. The summed E-state index contributed by atoms with van der Waals surface area (Å²) in [6, 6.07) is 8.04. The summed E-state index contributed by atoms with van der Waals surface area (Å²) < 4.78 is 15.7. The molecule has 2 aromatic heterocycles. The van der Waals surface area contributed by atoms with Crippen LogP contribution in [-0.4, -0.2) is 16.1 Å². The first-order valence-electron chi connectivity index (χ1n) is 8.09. The molecule has 4 heteroatoms. The number of hydrogen-bond acceptors (Lipinski definition) is 2. The summed E-state index contributed by atoms with van der Waals surface area (Å²) in [7, 11) is 0. The lowest BCUT2D eigenvalue weighted by atomic mass is 10.1. The average Bonchev–Trinajstić information content (AvgIpc) is 3.10. The summed E-state index contributed by atoms with van der Waals surface area (Å²) in [6.07, 6.45) is 2.34. The van der Waals surface area contributed by atoms with Gasteiger partial charge in [-0.25, -0.2) is 9.37 Å². The van der Waals surface area contributed by atoms with E-state index in [1.54, 1.807) is 6.07 Å². The summed E-state index contributed by atoms with van der Waals surface area (Å²) in [4.78, 5) is 4.36. The molecule has 0 saturated carbocycles. The molecule has 4 rings (SSSR count). The molecule has 0 spiro atoms. The number of aromatic nitrogens is 2. The molecular formula is C19H20FN3. The Bertz CT molecular complexity index is 909. The first-order valence-corrected chi connectivity index (χ1v) is 8.09. The van der Waals surface area contributed by atoms with Gasteiger partial charge in [-0.05, 0) is 54.7 Å². The molecule has 0 atom stereocenters. The third-order valence-corrected chi connectivity index (χ3v) is 4.58. The van der Waals surface area contributed by atoms with Crippen molar-refractivity contribution in [2.75, 3.05) is 11.9 Å². The lowest BCUT2D eigenvalue weighted by Crippen LogP contribution is -2.04. The Morgan fingerprint density at radius 2 is 2.04 bits per heavy atom. The van der Waals surface area contributed by atoms with E-state index < -0.39 is 0 Å². The molecule has 118 valence electrons. The molecule has 1 aromatic carbocycles. The van der Waals surface area contributed by atoms with Crippen molar-refractivity contribution in [3.63, 3.8) is 0 Å². The lowest BCUT2D eigenvalue weighted by Gasteiger charge is -2.15. The molecule has 1 N–H and O–H groups in total. The second-order valence-corrected chi connectivity index (χ2v) is 6.60. The van der Waals surface area contributed by atoms with Crippen molar-refractivity contribution in [1.29, 1.82) is 0 Å². The minimum Gasteiger partial charge on any atom is -0.384 e. The molecule has 0 aliphatic carbocycles. The Morgan fingerprint density at radius 1 is 1.22 bits per heavy atom. The predicted molar refractivity (Wildman–Crippen MR) is 92.0 cm³/mol. The largest absolute Gasteiger partial charge is 0.384 e. The molecule has 1 aliphatic heterocycles. The number of aryl methyl sites for hydroxylation is 1. The van der Waals surface area contributed by atoms with Gasteiger partial charge in [-0.3, -0.25) is 4.57 Å². The van der Waals surface area contributed by atoms with Crippen molar-refractivity contribution < 1.29 is 4.39 Å². The number of rotatable bonds is 2. The average molecular weight is 309 g/mol. The number of nitrogens with one attached hydrogen (secondary N) is 1. The van der Waals surface area contributed by atoms with Gasteiger partial charge < -0.3 is 5.32 Å². The van der Waals surface area contributed by atoms with Crippen LogP contribution in [0.25, 0.3) is 16.7 Å². The topological polar surface area (TPSA) is 29.9 Å². The van der Waals surface area contributed by atoms with Crippen LogP contribution in [0.2, 0.25) is 0 Å². The second-order valence-electron chi connectivity index (χ2n) is 6.60. The predicted octanol–water partition coefficient (Wildman–Crippen LogP) is 4.56. The maximum Gasteiger partial charge on any atom is 0.144 e. The fourth-order valence-corrected chi connectivity index (χ4v) is 3.52. The van der Waals surface area contributed by atoms with E-state index in [2.05, 4.69) is 53.8 Å². The molecule has 1 aliphatic rings. The van der Waals surface area contributed by atoms with Gasteiger partial charge in [-0.2, -0.15) is 0 Å². The third-order valence-electron chi connectivity index (χ3n) is 4.58. The smallest absolute Gasteiger partial charge is 0.144 e. The fourth-order valence-electron chi connectivity index (χ4n) is 3.52. The van der Waals surface area contributed by atoms with Gasteiger partial charge in [0.25, 0.3) is 0 Å². The molecule has 0 fully saturated rings. The minimum atomic E-state index is -0.292. The van der Waals surface area contributed by atoms with Gasteiger partial charge in [0.1, 0.15) is 11.5 Å². The SMILES string of the molecule is Cc1cc(-n2c(C(C)C)cc3cc(F)cnc32)cc2c1NCC2. The quantitative estimate of drug-likeness (QED) is 0.752. The Balaban J connectivity index is 2.01. The van der Waals surface area contributed by atoms with Crippen LogP contribution in [0.3, 0.4) is 0 Å². The van der Waals surface area contributed by atoms with Crippen LogP contribution in [0.1, 0.15) is 36.6 Å². The molecule has 0 radical (unpaired) electrons. The van der Waals surface area contributed by atoms with Crippen molar-refractivity contribution in [1.82, 2.24) is 9.55 Å². The molecule has 0 bridgehead atoms. The van der Waals surface area contributed by atoms with Crippen LogP contribution >= 0.6 is 0 Å². The van der Waals surface area contributed by atoms with Crippen LogP contribution in [-0.2, 0) is 6.42 Å². The van der Waals surface area contributed by atoms with E-state index in [4.69, 9.17) is 0 Å². The Morgan fingerprint density at radius 3 is 2.83 bits per heavy atom. The summed E-state index contributed by atoms with van der Waals surface area (Å²) in [5, 5.41) is 4.30. The minimum absolute atomic E-state index is 0.292. The highest BCUT2D eigenvalue weighted by molar-refractivity contribution is 5.80. The maximum absolute atomic E-state index is 13.5. The van der Waals surface area contributed by atoms with E-state index in [9.17, 15) is 4.39 Å². The molecule has 0 saturated heterocycles. The van der Waals surface area contributed by atoms with Crippen molar-refractivity contribution >= 4 is 16.7 Å². The number of halogens is 1. The highest BCUT2D eigenvalue weighted by atomic mass is 19.1. The van der Waals surface area contributed by atoms with Crippen molar-refractivity contribution in [2.24, 2.45) is 0 Å². The van der Waals surface area contributed by atoms with E-state index >= 15 is 0 Å². The molecule has 0 amide bonds. The van der Waals surface area contributed by atoms with E-state index in [1.165, 1.54) is 23.0 Å². The van der Waals surface area contributed by atoms with Crippen LogP contribution in [0.4, 0.5) is 10.1 Å².